The molecule has 0 aromatic heterocycles. The lowest BCUT2D eigenvalue weighted by Crippen LogP contribution is -2.20. The van der Waals surface area contributed by atoms with Crippen LogP contribution < -0.4 is 20.9 Å². The van der Waals surface area contributed by atoms with Crippen molar-refractivity contribution in [2.45, 2.75) is 0 Å². The van der Waals surface area contributed by atoms with E-state index < -0.39 is 11.9 Å². The third-order valence-corrected chi connectivity index (χ3v) is 1.94. The minimum absolute atomic E-state index is 0.0424. The van der Waals surface area contributed by atoms with Crippen LogP contribution in [0.3, 0.4) is 0 Å². The Balaban J connectivity index is 3.12. The van der Waals surface area contributed by atoms with E-state index in [4.69, 9.17) is 26.0 Å². The van der Waals surface area contributed by atoms with Gasteiger partial charge in [-0.15, -0.1) is 0 Å². The number of nitrogen functional groups attached to an aromatic ring is 1. The van der Waals surface area contributed by atoms with Crippen molar-refractivity contribution in [2.24, 2.45) is 5.73 Å². The van der Waals surface area contributed by atoms with Gasteiger partial charge in [0.1, 0.15) is 0 Å². The summed E-state index contributed by atoms with van der Waals surface area (Å²) < 4.78 is 9.96. The number of aromatic carboxylic acids is 1. The number of ether oxygens (including phenoxy) is 2. The number of hydrogen-bond donors (Lipinski definition) is 3. The van der Waals surface area contributed by atoms with Crippen LogP contribution in [0.5, 0.6) is 11.5 Å². The number of carboxylic acid groups (broad SMARTS) is 1. The minimum Gasteiger partial charge on any atom is -0.493 e. The quantitative estimate of drug-likeness (QED) is 0.614. The second-order valence-electron chi connectivity index (χ2n) is 3.15. The number of carbonyl (C=O) groups is 2. The van der Waals surface area contributed by atoms with Gasteiger partial charge in [-0.3, -0.25) is 4.79 Å². The fourth-order valence-corrected chi connectivity index (χ4v) is 1.18. The fourth-order valence-electron chi connectivity index (χ4n) is 1.18. The molecule has 0 radical (unpaired) electrons. The Labute approximate surface area is 96.9 Å². The summed E-state index contributed by atoms with van der Waals surface area (Å²) in [6.07, 6.45) is 0. The zero-order valence-corrected chi connectivity index (χ0v) is 9.10. The van der Waals surface area contributed by atoms with E-state index in [2.05, 4.69) is 0 Å². The number of benzene rings is 1. The summed E-state index contributed by atoms with van der Waals surface area (Å²) in [5, 5.41) is 8.86. The Hall–Kier alpha value is -2.44. The molecule has 0 spiro atoms. The molecular formula is C10H12N2O5. The van der Waals surface area contributed by atoms with Gasteiger partial charge < -0.3 is 26.0 Å². The highest BCUT2D eigenvalue weighted by Gasteiger charge is 2.15. The van der Waals surface area contributed by atoms with Crippen molar-refractivity contribution in [1.29, 1.82) is 0 Å². The molecule has 0 saturated heterocycles. The second kappa shape index (κ2) is 5.06. The summed E-state index contributed by atoms with van der Waals surface area (Å²) in [6.45, 7) is -0.376. The Bertz CT molecular complexity index is 458. The maximum absolute atomic E-state index is 10.8. The number of nitrogens with two attached hydrogens (primary N) is 2. The first kappa shape index (κ1) is 12.6. The average Bonchev–Trinajstić information content (AvgIpc) is 2.26. The van der Waals surface area contributed by atoms with Crippen LogP contribution in [0.4, 0.5) is 5.69 Å². The van der Waals surface area contributed by atoms with Gasteiger partial charge >= 0.3 is 5.97 Å². The normalized spacial score (nSPS) is 9.71. The molecule has 7 nitrogen and oxygen atoms in total. The molecule has 0 saturated carbocycles. The fraction of sp³-hybridized carbons (Fsp3) is 0.200. The number of anilines is 1. The summed E-state index contributed by atoms with van der Waals surface area (Å²) in [7, 11) is 1.37. The second-order valence-corrected chi connectivity index (χ2v) is 3.15. The predicted octanol–water partition coefficient (Wildman–Crippen LogP) is -0.160. The largest absolute Gasteiger partial charge is 0.493 e. The number of rotatable bonds is 5. The molecule has 5 N–H and O–H groups in total. The van der Waals surface area contributed by atoms with Crippen molar-refractivity contribution in [3.05, 3.63) is 17.7 Å². The van der Waals surface area contributed by atoms with E-state index in [1.807, 2.05) is 0 Å². The number of primary amides is 1. The highest BCUT2D eigenvalue weighted by Crippen LogP contribution is 2.32. The molecule has 0 aliphatic rings. The molecule has 7 heteroatoms. The SMILES string of the molecule is COc1cc(N)c(C(=O)O)cc1OCC(N)=O. The van der Waals surface area contributed by atoms with Gasteiger partial charge in [0.05, 0.1) is 18.4 Å². The van der Waals surface area contributed by atoms with Crippen molar-refractivity contribution in [1.82, 2.24) is 0 Å². The summed E-state index contributed by atoms with van der Waals surface area (Å²) in [5.74, 6) is -1.55. The van der Waals surface area contributed by atoms with E-state index in [0.717, 1.165) is 0 Å². The number of carbonyl (C=O) groups excluding carboxylic acids is 1. The minimum atomic E-state index is -1.20. The van der Waals surface area contributed by atoms with E-state index >= 15 is 0 Å². The molecule has 92 valence electrons. The molecule has 0 heterocycles. The van der Waals surface area contributed by atoms with Crippen LogP contribution in [0, 0.1) is 0 Å². The molecule has 0 aliphatic heterocycles. The molecule has 0 atom stereocenters. The maximum Gasteiger partial charge on any atom is 0.337 e. The lowest BCUT2D eigenvalue weighted by molar-refractivity contribution is -0.119. The lowest BCUT2D eigenvalue weighted by atomic mass is 10.1. The van der Waals surface area contributed by atoms with E-state index in [0.29, 0.717) is 0 Å². The highest BCUT2D eigenvalue weighted by molar-refractivity contribution is 5.94. The van der Waals surface area contributed by atoms with Crippen molar-refractivity contribution in [2.75, 3.05) is 19.5 Å². The summed E-state index contributed by atoms with van der Waals surface area (Å²) in [5.41, 5.74) is 10.3. The standard InChI is InChI=1S/C10H12N2O5/c1-16-7-3-6(11)5(10(14)15)2-8(7)17-4-9(12)13/h2-3H,4,11H2,1H3,(H2,12,13)(H,14,15). The van der Waals surface area contributed by atoms with Gasteiger partial charge in [-0.25, -0.2) is 4.79 Å². The van der Waals surface area contributed by atoms with Crippen LogP contribution in [-0.4, -0.2) is 30.7 Å². The molecule has 0 unspecified atom stereocenters. The maximum atomic E-state index is 10.8. The van der Waals surface area contributed by atoms with E-state index in [-0.39, 0.29) is 29.4 Å². The van der Waals surface area contributed by atoms with Gasteiger partial charge in [0.2, 0.25) is 0 Å². The van der Waals surface area contributed by atoms with Crippen LogP contribution in [0.15, 0.2) is 12.1 Å². The van der Waals surface area contributed by atoms with Gasteiger partial charge in [0, 0.05) is 12.1 Å². The van der Waals surface area contributed by atoms with E-state index in [1.165, 1.54) is 19.2 Å². The molecule has 1 aromatic carbocycles. The number of methoxy groups -OCH3 is 1. The monoisotopic (exact) mass is 240 g/mol. The Morgan fingerprint density at radius 3 is 2.47 bits per heavy atom. The zero-order chi connectivity index (χ0) is 13.0. The first-order chi connectivity index (χ1) is 7.95. The topological polar surface area (TPSA) is 125 Å². The summed E-state index contributed by atoms with van der Waals surface area (Å²) >= 11 is 0. The smallest absolute Gasteiger partial charge is 0.337 e. The predicted molar refractivity (Wildman–Crippen MR) is 59.1 cm³/mol. The van der Waals surface area contributed by atoms with Gasteiger partial charge in [0.15, 0.2) is 18.1 Å². The van der Waals surface area contributed by atoms with E-state index in [1.54, 1.807) is 0 Å². The highest BCUT2D eigenvalue weighted by atomic mass is 16.5. The first-order valence-electron chi connectivity index (χ1n) is 4.57. The van der Waals surface area contributed by atoms with Gasteiger partial charge in [-0.1, -0.05) is 0 Å². The van der Waals surface area contributed by atoms with Crippen molar-refractivity contribution in [3.63, 3.8) is 0 Å². The first-order valence-corrected chi connectivity index (χ1v) is 4.57. The summed E-state index contributed by atoms with van der Waals surface area (Å²) in [4.78, 5) is 21.4. The van der Waals surface area contributed by atoms with E-state index in [9.17, 15) is 9.59 Å². The number of hydrogen-bond acceptors (Lipinski definition) is 5. The van der Waals surface area contributed by atoms with Crippen LogP contribution in [0.1, 0.15) is 10.4 Å². The molecule has 0 fully saturated rings. The Kier molecular flexibility index (Phi) is 3.76. The third-order valence-electron chi connectivity index (χ3n) is 1.94. The molecule has 1 rings (SSSR count). The van der Waals surface area contributed by atoms with Crippen LogP contribution in [0.2, 0.25) is 0 Å². The van der Waals surface area contributed by atoms with Crippen LogP contribution >= 0.6 is 0 Å². The van der Waals surface area contributed by atoms with Crippen molar-refractivity contribution in [3.8, 4) is 11.5 Å². The Morgan fingerprint density at radius 1 is 1.35 bits per heavy atom. The Morgan fingerprint density at radius 2 is 2.00 bits per heavy atom. The molecule has 1 amide bonds. The molecule has 1 aromatic rings. The van der Waals surface area contributed by atoms with Crippen molar-refractivity contribution >= 4 is 17.6 Å². The molecule has 17 heavy (non-hydrogen) atoms. The average molecular weight is 240 g/mol. The van der Waals surface area contributed by atoms with Gasteiger partial charge in [-0.05, 0) is 0 Å². The van der Waals surface area contributed by atoms with Gasteiger partial charge in [-0.2, -0.15) is 0 Å². The van der Waals surface area contributed by atoms with Crippen LogP contribution in [-0.2, 0) is 4.79 Å². The third kappa shape index (κ3) is 3.00. The van der Waals surface area contributed by atoms with Crippen LogP contribution in [0.25, 0.3) is 0 Å². The number of amides is 1. The number of carboxylic acids is 1. The molecule has 0 aliphatic carbocycles. The summed E-state index contributed by atoms with van der Waals surface area (Å²) in [6, 6.07) is 2.49. The molecular weight excluding hydrogens is 228 g/mol. The lowest BCUT2D eigenvalue weighted by Gasteiger charge is -2.11. The van der Waals surface area contributed by atoms with Gasteiger partial charge in [0.25, 0.3) is 5.91 Å². The molecule has 0 bridgehead atoms. The van der Waals surface area contributed by atoms with Crippen molar-refractivity contribution < 1.29 is 24.2 Å². The zero-order valence-electron chi connectivity index (χ0n) is 9.10.